The molecule has 10 aromatic rings. The van der Waals surface area contributed by atoms with E-state index in [1.165, 1.54) is 42.4 Å². The molecule has 0 saturated carbocycles. The Morgan fingerprint density at radius 2 is 1.20 bits per heavy atom. The van der Waals surface area contributed by atoms with Crippen molar-refractivity contribution in [2.45, 2.75) is 6.54 Å². The number of fused-ring (bicyclic) bond motifs is 6. The lowest BCUT2D eigenvalue weighted by Gasteiger charge is -2.11. The van der Waals surface area contributed by atoms with E-state index in [9.17, 15) is 0 Å². The van der Waals surface area contributed by atoms with Crippen molar-refractivity contribution in [3.05, 3.63) is 205 Å². The molecule has 56 heavy (non-hydrogen) atoms. The molecular formula is C51H35N3OS. The fraction of sp³-hybridized carbons (Fsp3) is 0.0196. The van der Waals surface area contributed by atoms with E-state index < -0.39 is 0 Å². The third kappa shape index (κ3) is 6.05. The highest BCUT2D eigenvalue weighted by molar-refractivity contribution is 7.26. The first kappa shape index (κ1) is 33.5. The first-order valence-corrected chi connectivity index (χ1v) is 19.5. The molecule has 0 spiro atoms. The first-order chi connectivity index (χ1) is 27.7. The summed E-state index contributed by atoms with van der Waals surface area (Å²) < 4.78 is 9.34. The zero-order valence-corrected chi connectivity index (χ0v) is 31.2. The Hall–Kier alpha value is -7.08. The number of furan rings is 1. The maximum atomic E-state index is 6.85. The number of amidine groups is 2. The summed E-state index contributed by atoms with van der Waals surface area (Å²) in [4.78, 5) is 10.1. The predicted octanol–water partition coefficient (Wildman–Crippen LogP) is 13.3. The van der Waals surface area contributed by atoms with Crippen molar-refractivity contribution < 1.29 is 4.42 Å². The molecule has 0 unspecified atom stereocenters. The molecule has 2 N–H and O–H groups in total. The number of para-hydroxylation sites is 1. The molecule has 2 heterocycles. The highest BCUT2D eigenvalue weighted by Gasteiger charge is 2.21. The number of nitrogens with two attached hydrogens (primary N) is 1. The van der Waals surface area contributed by atoms with Crippen LogP contribution in [-0.2, 0) is 6.54 Å². The van der Waals surface area contributed by atoms with Crippen molar-refractivity contribution in [2.24, 2.45) is 15.7 Å². The Kier molecular flexibility index (Phi) is 8.55. The van der Waals surface area contributed by atoms with Crippen LogP contribution in [0.5, 0.6) is 0 Å². The Balaban J connectivity index is 1.16. The highest BCUT2D eigenvalue weighted by Crippen LogP contribution is 2.47. The van der Waals surface area contributed by atoms with Crippen molar-refractivity contribution in [1.82, 2.24) is 0 Å². The van der Waals surface area contributed by atoms with Crippen molar-refractivity contribution >= 4 is 65.1 Å². The number of rotatable bonds is 7. The summed E-state index contributed by atoms with van der Waals surface area (Å²) in [5.74, 6) is 0.965. The molecule has 0 saturated heterocycles. The van der Waals surface area contributed by atoms with Gasteiger partial charge in [0.25, 0.3) is 0 Å². The molecular weight excluding hydrogens is 703 g/mol. The number of thiophene rings is 1. The summed E-state index contributed by atoms with van der Waals surface area (Å²) >= 11 is 1.83. The van der Waals surface area contributed by atoms with Crippen LogP contribution in [0.15, 0.2) is 202 Å². The minimum Gasteiger partial charge on any atom is -0.455 e. The Morgan fingerprint density at radius 1 is 0.536 bits per heavy atom. The second kappa shape index (κ2) is 14.3. The summed E-state index contributed by atoms with van der Waals surface area (Å²) in [7, 11) is 0. The standard InChI is InChI=1S/C51H35N3OS/c52-50(35-19-8-3-9-20-35)54-51(53-32-33-15-4-1-5-16-33)43-26-14-27-44-46(43)42-25-13-24-39(48(42)55-44)40-30-29-38(47-41-23-10-11-28-45(41)56-49(40)47)37-22-12-21-36(31-37)34-17-6-2-7-18-34/h1-31H,32H2,(H2,52,53,54). The quantitative estimate of drug-likeness (QED) is 0.131. The van der Waals surface area contributed by atoms with Gasteiger partial charge in [0.05, 0.1) is 6.54 Å². The third-order valence-electron chi connectivity index (χ3n) is 10.4. The van der Waals surface area contributed by atoms with Gasteiger partial charge in [-0.05, 0) is 46.0 Å². The van der Waals surface area contributed by atoms with Crippen LogP contribution in [0.3, 0.4) is 0 Å². The van der Waals surface area contributed by atoms with E-state index >= 15 is 0 Å². The molecule has 0 fully saturated rings. The number of aliphatic imine (C=N–C) groups is 2. The van der Waals surface area contributed by atoms with Crippen molar-refractivity contribution in [3.63, 3.8) is 0 Å². The Morgan fingerprint density at radius 3 is 2.04 bits per heavy atom. The molecule has 0 aliphatic carbocycles. The normalized spacial score (nSPS) is 12.3. The number of hydrogen-bond acceptors (Lipinski definition) is 3. The van der Waals surface area contributed by atoms with Gasteiger partial charge in [0, 0.05) is 53.2 Å². The lowest BCUT2D eigenvalue weighted by molar-refractivity contribution is 0.670. The van der Waals surface area contributed by atoms with E-state index in [1.54, 1.807) is 0 Å². The third-order valence-corrected chi connectivity index (χ3v) is 11.6. The minimum absolute atomic E-state index is 0.407. The van der Waals surface area contributed by atoms with E-state index in [1.807, 2.05) is 72.0 Å². The van der Waals surface area contributed by atoms with Gasteiger partial charge in [0.1, 0.15) is 17.0 Å². The lowest BCUT2D eigenvalue weighted by Crippen LogP contribution is -2.16. The minimum atomic E-state index is 0.407. The number of hydrogen-bond donors (Lipinski definition) is 1. The monoisotopic (exact) mass is 737 g/mol. The van der Waals surface area contributed by atoms with Crippen LogP contribution < -0.4 is 5.73 Å². The molecule has 5 heteroatoms. The van der Waals surface area contributed by atoms with Gasteiger partial charge in [0.2, 0.25) is 0 Å². The zero-order chi connectivity index (χ0) is 37.4. The largest absolute Gasteiger partial charge is 0.455 e. The molecule has 0 aliphatic rings. The van der Waals surface area contributed by atoms with E-state index in [2.05, 4.69) is 127 Å². The number of nitrogens with zero attached hydrogens (tertiary/aromatic N) is 2. The summed E-state index contributed by atoms with van der Waals surface area (Å²) in [5.41, 5.74) is 18.0. The summed E-state index contributed by atoms with van der Waals surface area (Å²) in [6.07, 6.45) is 0. The average Bonchev–Trinajstić information content (AvgIpc) is 3.85. The Labute approximate surface area is 328 Å². The summed E-state index contributed by atoms with van der Waals surface area (Å²) in [6, 6.07) is 65.3. The van der Waals surface area contributed by atoms with Crippen LogP contribution in [0.4, 0.5) is 0 Å². The van der Waals surface area contributed by atoms with Crippen LogP contribution in [0.25, 0.3) is 75.5 Å². The molecule has 2 aromatic heterocycles. The molecule has 0 radical (unpaired) electrons. The maximum Gasteiger partial charge on any atom is 0.158 e. The zero-order valence-electron chi connectivity index (χ0n) is 30.4. The lowest BCUT2D eigenvalue weighted by atomic mass is 9.92. The fourth-order valence-electron chi connectivity index (χ4n) is 7.74. The maximum absolute atomic E-state index is 6.85. The van der Waals surface area contributed by atoms with Crippen molar-refractivity contribution in [2.75, 3.05) is 0 Å². The summed E-state index contributed by atoms with van der Waals surface area (Å²) in [6.45, 7) is 0.462. The second-order valence-electron chi connectivity index (χ2n) is 13.9. The van der Waals surface area contributed by atoms with Crippen LogP contribution >= 0.6 is 11.3 Å². The molecule has 0 aliphatic heterocycles. The number of benzene rings is 8. The molecule has 4 nitrogen and oxygen atoms in total. The first-order valence-electron chi connectivity index (χ1n) is 18.7. The van der Waals surface area contributed by atoms with Crippen molar-refractivity contribution in [1.29, 1.82) is 0 Å². The van der Waals surface area contributed by atoms with Crippen LogP contribution in [-0.4, -0.2) is 11.7 Å². The molecule has 0 amide bonds. The molecule has 10 rings (SSSR count). The van der Waals surface area contributed by atoms with Gasteiger partial charge in [-0.15, -0.1) is 11.3 Å². The van der Waals surface area contributed by atoms with Gasteiger partial charge in [-0.2, -0.15) is 0 Å². The van der Waals surface area contributed by atoms with Gasteiger partial charge in [-0.1, -0.05) is 170 Å². The van der Waals surface area contributed by atoms with E-state index in [4.69, 9.17) is 20.1 Å². The molecule has 0 bridgehead atoms. The van der Waals surface area contributed by atoms with Gasteiger partial charge < -0.3 is 10.2 Å². The molecule has 266 valence electrons. The SMILES string of the molecule is N/C(=N\C(=N/Cc1ccccc1)c1cccc2oc3c(-c4ccc(-c5cccc(-c6ccccc6)c5)c5c4sc4ccccc45)cccc3c12)c1ccccc1. The highest BCUT2D eigenvalue weighted by atomic mass is 32.1. The average molecular weight is 738 g/mol. The molecule has 0 atom stereocenters. The van der Waals surface area contributed by atoms with Crippen LogP contribution in [0.2, 0.25) is 0 Å². The van der Waals surface area contributed by atoms with Gasteiger partial charge in [0.15, 0.2) is 5.84 Å². The molecule has 8 aromatic carbocycles. The van der Waals surface area contributed by atoms with Crippen LogP contribution in [0.1, 0.15) is 16.7 Å². The Bertz CT molecular complexity index is 3110. The fourth-order valence-corrected chi connectivity index (χ4v) is 9.00. The van der Waals surface area contributed by atoms with E-state index in [0.717, 1.165) is 49.8 Å². The second-order valence-corrected chi connectivity index (χ2v) is 14.9. The van der Waals surface area contributed by atoms with E-state index in [-0.39, 0.29) is 0 Å². The van der Waals surface area contributed by atoms with Gasteiger partial charge >= 0.3 is 0 Å². The van der Waals surface area contributed by atoms with Crippen molar-refractivity contribution in [3.8, 4) is 33.4 Å². The van der Waals surface area contributed by atoms with E-state index in [0.29, 0.717) is 18.2 Å². The van der Waals surface area contributed by atoms with Crippen LogP contribution in [0, 0.1) is 0 Å². The smallest absolute Gasteiger partial charge is 0.158 e. The van der Waals surface area contributed by atoms with Gasteiger partial charge in [-0.25, -0.2) is 4.99 Å². The topological polar surface area (TPSA) is 63.9 Å². The predicted molar refractivity (Wildman–Crippen MR) is 237 cm³/mol. The van der Waals surface area contributed by atoms with Gasteiger partial charge in [-0.3, -0.25) is 4.99 Å². The summed E-state index contributed by atoms with van der Waals surface area (Å²) in [5, 5.41) is 4.47.